The van der Waals surface area contributed by atoms with Crippen molar-refractivity contribution in [2.75, 3.05) is 18.8 Å². The summed E-state index contributed by atoms with van der Waals surface area (Å²) >= 11 is 1.96. The summed E-state index contributed by atoms with van der Waals surface area (Å²) in [6, 6.07) is 3.84. The average Bonchev–Trinajstić information content (AvgIpc) is 2.81. The minimum absolute atomic E-state index is 0.236. The molecule has 2 aliphatic heterocycles. The molecule has 0 radical (unpaired) electrons. The van der Waals surface area contributed by atoms with Crippen LogP contribution in [-0.2, 0) is 4.79 Å². The SMILES string of the molecule is CC(C)CC(=O)N1CC2(CC(Oc3cccnc3)CS2)C1. The van der Waals surface area contributed by atoms with Crippen molar-refractivity contribution in [3.8, 4) is 5.75 Å². The van der Waals surface area contributed by atoms with E-state index in [4.69, 9.17) is 4.74 Å². The third kappa shape index (κ3) is 3.34. The zero-order valence-corrected chi connectivity index (χ0v) is 13.4. The summed E-state index contributed by atoms with van der Waals surface area (Å²) in [4.78, 5) is 18.1. The van der Waals surface area contributed by atoms with Crippen molar-refractivity contribution >= 4 is 17.7 Å². The fraction of sp³-hybridized carbons (Fsp3) is 0.625. The van der Waals surface area contributed by atoms with Crippen LogP contribution in [0.25, 0.3) is 0 Å². The van der Waals surface area contributed by atoms with Crippen LogP contribution in [0.4, 0.5) is 0 Å². The van der Waals surface area contributed by atoms with Gasteiger partial charge in [-0.05, 0) is 18.1 Å². The van der Waals surface area contributed by atoms with Crippen LogP contribution in [0.5, 0.6) is 5.75 Å². The highest BCUT2D eigenvalue weighted by atomic mass is 32.2. The molecule has 1 atom stereocenters. The second kappa shape index (κ2) is 5.87. The Morgan fingerprint density at radius 1 is 1.57 bits per heavy atom. The topological polar surface area (TPSA) is 42.4 Å². The number of carbonyl (C=O) groups is 1. The molecule has 4 nitrogen and oxygen atoms in total. The van der Waals surface area contributed by atoms with Crippen molar-refractivity contribution in [2.24, 2.45) is 5.92 Å². The smallest absolute Gasteiger partial charge is 0.222 e. The van der Waals surface area contributed by atoms with Gasteiger partial charge in [0.15, 0.2) is 0 Å². The van der Waals surface area contributed by atoms with Gasteiger partial charge in [0.05, 0.1) is 10.9 Å². The van der Waals surface area contributed by atoms with Crippen LogP contribution in [0.1, 0.15) is 26.7 Å². The molecule has 0 bridgehead atoms. The first-order valence-corrected chi connectivity index (χ1v) is 8.53. The van der Waals surface area contributed by atoms with Crippen molar-refractivity contribution in [3.63, 3.8) is 0 Å². The van der Waals surface area contributed by atoms with Gasteiger partial charge < -0.3 is 9.64 Å². The summed E-state index contributed by atoms with van der Waals surface area (Å²) in [6.45, 7) is 5.96. The van der Waals surface area contributed by atoms with Crippen LogP contribution in [-0.4, -0.2) is 45.5 Å². The van der Waals surface area contributed by atoms with Gasteiger partial charge in [0.2, 0.25) is 5.91 Å². The average molecular weight is 306 g/mol. The quantitative estimate of drug-likeness (QED) is 0.857. The molecule has 2 saturated heterocycles. The van der Waals surface area contributed by atoms with Crippen molar-refractivity contribution in [2.45, 2.75) is 37.5 Å². The van der Waals surface area contributed by atoms with Gasteiger partial charge in [0.1, 0.15) is 11.9 Å². The van der Waals surface area contributed by atoms with E-state index in [0.717, 1.165) is 31.0 Å². The normalized spacial score (nSPS) is 23.4. The van der Waals surface area contributed by atoms with E-state index < -0.39 is 0 Å². The van der Waals surface area contributed by atoms with Crippen LogP contribution >= 0.6 is 11.8 Å². The molecule has 0 saturated carbocycles. The number of amides is 1. The second-order valence-corrected chi connectivity index (χ2v) is 7.96. The molecule has 3 rings (SSSR count). The molecule has 0 aromatic carbocycles. The van der Waals surface area contributed by atoms with Crippen LogP contribution < -0.4 is 4.74 Å². The Hall–Kier alpha value is -1.23. The fourth-order valence-corrected chi connectivity index (χ4v) is 4.54. The molecule has 1 spiro atoms. The van der Waals surface area contributed by atoms with E-state index in [1.807, 2.05) is 28.8 Å². The summed E-state index contributed by atoms with van der Waals surface area (Å²) in [5.41, 5.74) is 0. The molecular formula is C16H22N2O2S. The number of hydrogen-bond acceptors (Lipinski definition) is 4. The molecule has 0 N–H and O–H groups in total. The molecule has 1 aromatic rings. The second-order valence-electron chi connectivity index (χ2n) is 6.47. The van der Waals surface area contributed by atoms with Gasteiger partial charge in [0, 0.05) is 37.9 Å². The van der Waals surface area contributed by atoms with Gasteiger partial charge >= 0.3 is 0 Å². The Labute approximate surface area is 130 Å². The monoisotopic (exact) mass is 306 g/mol. The van der Waals surface area contributed by atoms with E-state index in [1.54, 1.807) is 12.4 Å². The lowest BCUT2D eigenvalue weighted by atomic mass is 9.92. The number of carbonyl (C=O) groups excluding carboxylic acids is 1. The molecule has 1 aromatic heterocycles. The van der Waals surface area contributed by atoms with E-state index in [9.17, 15) is 4.79 Å². The predicted molar refractivity (Wildman–Crippen MR) is 84.5 cm³/mol. The van der Waals surface area contributed by atoms with Crippen molar-refractivity contribution in [3.05, 3.63) is 24.5 Å². The Balaban J connectivity index is 1.49. The first-order chi connectivity index (χ1) is 10.1. The highest BCUT2D eigenvalue weighted by molar-refractivity contribution is 8.01. The first kappa shape index (κ1) is 14.7. The molecule has 114 valence electrons. The van der Waals surface area contributed by atoms with Gasteiger partial charge in [0.25, 0.3) is 0 Å². The number of rotatable bonds is 4. The van der Waals surface area contributed by atoms with Gasteiger partial charge in [-0.3, -0.25) is 9.78 Å². The Kier molecular flexibility index (Phi) is 4.11. The Morgan fingerprint density at radius 2 is 2.38 bits per heavy atom. The van der Waals surface area contributed by atoms with Crippen LogP contribution in [0, 0.1) is 5.92 Å². The van der Waals surface area contributed by atoms with Gasteiger partial charge in [-0.25, -0.2) is 0 Å². The maximum atomic E-state index is 12.0. The highest BCUT2D eigenvalue weighted by Gasteiger charge is 2.51. The summed E-state index contributed by atoms with van der Waals surface area (Å²) in [6.07, 6.45) is 5.44. The van der Waals surface area contributed by atoms with Crippen molar-refractivity contribution in [1.82, 2.24) is 9.88 Å². The zero-order valence-electron chi connectivity index (χ0n) is 12.6. The molecule has 3 heterocycles. The molecule has 1 amide bonds. The largest absolute Gasteiger partial charge is 0.488 e. The van der Waals surface area contributed by atoms with Crippen molar-refractivity contribution < 1.29 is 9.53 Å². The van der Waals surface area contributed by atoms with Crippen LogP contribution in [0.3, 0.4) is 0 Å². The van der Waals surface area contributed by atoms with E-state index in [2.05, 4.69) is 18.8 Å². The number of ether oxygens (including phenoxy) is 1. The fourth-order valence-electron chi connectivity index (χ4n) is 3.01. The number of aromatic nitrogens is 1. The third-order valence-electron chi connectivity index (χ3n) is 4.01. The lowest BCUT2D eigenvalue weighted by Crippen LogP contribution is -2.61. The number of pyridine rings is 1. The summed E-state index contributed by atoms with van der Waals surface area (Å²) in [7, 11) is 0. The number of hydrogen-bond donors (Lipinski definition) is 0. The lowest BCUT2D eigenvalue weighted by Gasteiger charge is -2.47. The molecule has 1 unspecified atom stereocenters. The lowest BCUT2D eigenvalue weighted by molar-refractivity contribution is -0.137. The zero-order chi connectivity index (χ0) is 14.9. The molecule has 21 heavy (non-hydrogen) atoms. The molecule has 5 heteroatoms. The number of nitrogens with zero attached hydrogens (tertiary/aromatic N) is 2. The Morgan fingerprint density at radius 3 is 3.05 bits per heavy atom. The van der Waals surface area contributed by atoms with Gasteiger partial charge in [-0.1, -0.05) is 13.8 Å². The highest BCUT2D eigenvalue weighted by Crippen LogP contribution is 2.46. The standard InChI is InChI=1S/C16H22N2O2S/c1-12(2)6-15(19)18-10-16(11-18)7-14(9-21-16)20-13-4-3-5-17-8-13/h3-5,8,12,14H,6-7,9-11H2,1-2H3. The van der Waals surface area contributed by atoms with Crippen LogP contribution in [0.15, 0.2) is 24.5 Å². The third-order valence-corrected chi connectivity index (χ3v) is 5.58. The minimum atomic E-state index is 0.236. The molecule has 0 aliphatic carbocycles. The summed E-state index contributed by atoms with van der Waals surface area (Å²) < 4.78 is 6.22. The minimum Gasteiger partial charge on any atom is -0.488 e. The number of thioether (sulfide) groups is 1. The van der Waals surface area contributed by atoms with Crippen molar-refractivity contribution in [1.29, 1.82) is 0 Å². The van der Waals surface area contributed by atoms with E-state index in [1.165, 1.54) is 0 Å². The maximum absolute atomic E-state index is 12.0. The molecule has 2 fully saturated rings. The van der Waals surface area contributed by atoms with Crippen LogP contribution in [0.2, 0.25) is 0 Å². The summed E-state index contributed by atoms with van der Waals surface area (Å²) in [5.74, 6) is 2.58. The first-order valence-electron chi connectivity index (χ1n) is 7.55. The van der Waals surface area contributed by atoms with E-state index >= 15 is 0 Å². The maximum Gasteiger partial charge on any atom is 0.222 e. The Bertz CT molecular complexity index is 500. The number of likely N-dealkylation sites (tertiary alicyclic amines) is 1. The van der Waals surface area contributed by atoms with E-state index in [-0.39, 0.29) is 10.9 Å². The predicted octanol–water partition coefficient (Wildman–Crippen LogP) is 2.59. The molecular weight excluding hydrogens is 284 g/mol. The van der Waals surface area contributed by atoms with E-state index in [0.29, 0.717) is 18.2 Å². The summed E-state index contributed by atoms with van der Waals surface area (Å²) in [5, 5.41) is 0. The van der Waals surface area contributed by atoms with Gasteiger partial charge in [-0.15, -0.1) is 11.8 Å². The molecule has 2 aliphatic rings. The van der Waals surface area contributed by atoms with Gasteiger partial charge in [-0.2, -0.15) is 0 Å².